The van der Waals surface area contributed by atoms with Crippen molar-refractivity contribution in [3.05, 3.63) is 59.0 Å². The Kier molecular flexibility index (Phi) is 2.38. The summed E-state index contributed by atoms with van der Waals surface area (Å²) in [5, 5.41) is 20.0. The van der Waals surface area contributed by atoms with E-state index in [4.69, 9.17) is 6.85 Å². The molecule has 0 atom stereocenters. The summed E-state index contributed by atoms with van der Waals surface area (Å²) in [4.78, 5) is 0. The number of aromatic hydroxyl groups is 2. The monoisotopic (exact) mass is 259 g/mol. The van der Waals surface area contributed by atoms with E-state index in [1.165, 1.54) is 24.3 Å². The zero-order valence-corrected chi connectivity index (χ0v) is 10.8. The number of phenolic OH excluding ortho intramolecular Hbond substituents is 2. The number of hydrogen-bond donors (Lipinski definition) is 2. The molecule has 0 bridgehead atoms. The van der Waals surface area contributed by atoms with E-state index in [-0.39, 0.29) is 35.1 Å². The van der Waals surface area contributed by atoms with Crippen LogP contribution in [0.25, 0.3) is 12.2 Å². The smallest absolute Gasteiger partial charge is 0.123 e. The first-order valence-electron chi connectivity index (χ1n) is 8.46. The maximum atomic E-state index is 10.0. The van der Waals surface area contributed by atoms with Crippen LogP contribution in [0.1, 0.15) is 43.3 Å². The first kappa shape index (κ1) is 8.05. The van der Waals surface area contributed by atoms with Gasteiger partial charge in [0.1, 0.15) is 11.5 Å². The molecule has 2 heteroatoms. The van der Waals surface area contributed by atoms with Crippen LogP contribution in [0.5, 0.6) is 11.5 Å². The predicted molar refractivity (Wildman–Crippen MR) is 79.2 cm³/mol. The highest BCUT2D eigenvalue weighted by Gasteiger charge is 2.12. The lowest BCUT2D eigenvalue weighted by molar-refractivity contribution is 0.433. The molecule has 0 aliphatic rings. The van der Waals surface area contributed by atoms with E-state index < -0.39 is 18.1 Å². The molecule has 19 heavy (non-hydrogen) atoms. The lowest BCUT2D eigenvalue weighted by Gasteiger charge is -2.11. The Balaban J connectivity index is 2.50. The van der Waals surface area contributed by atoms with Gasteiger partial charge in [-0.2, -0.15) is 0 Å². The van der Waals surface area contributed by atoms with Crippen LogP contribution in [-0.4, -0.2) is 10.2 Å². The van der Waals surface area contributed by atoms with Gasteiger partial charge in [-0.3, -0.25) is 0 Å². The van der Waals surface area contributed by atoms with Crippen LogP contribution in [0.3, 0.4) is 0 Å². The van der Waals surface area contributed by atoms with Crippen molar-refractivity contribution in [2.45, 2.75) is 19.8 Å². The lowest BCUT2D eigenvalue weighted by atomic mass is 9.98. The van der Waals surface area contributed by atoms with E-state index in [9.17, 15) is 10.2 Å². The Hall–Kier alpha value is -2.22. The van der Waals surface area contributed by atoms with Gasteiger partial charge in [0.2, 0.25) is 0 Å². The zero-order chi connectivity index (χ0) is 18.2. The normalized spacial score (nSPS) is 15.0. The van der Waals surface area contributed by atoms with E-state index >= 15 is 0 Å². The maximum Gasteiger partial charge on any atom is 0.123 e. The van der Waals surface area contributed by atoms with Gasteiger partial charge >= 0.3 is 0 Å². The SMILES string of the molecule is [2H]c1c([2H])c([2H])c(/C=C/c2cc(O)c(C(C)C)c(O)c2)c([2H])c1[2H]. The molecule has 0 aromatic heterocycles. The quantitative estimate of drug-likeness (QED) is 0.802. The van der Waals surface area contributed by atoms with Crippen LogP contribution < -0.4 is 0 Å². The van der Waals surface area contributed by atoms with Crippen LogP contribution in [0, 0.1) is 0 Å². The summed E-state index contributed by atoms with van der Waals surface area (Å²) >= 11 is 0. The lowest BCUT2D eigenvalue weighted by Crippen LogP contribution is -1.90. The first-order valence-corrected chi connectivity index (χ1v) is 5.96. The van der Waals surface area contributed by atoms with Crippen molar-refractivity contribution in [1.29, 1.82) is 0 Å². The van der Waals surface area contributed by atoms with Gasteiger partial charge in [-0.1, -0.05) is 56.2 Å². The highest BCUT2D eigenvalue weighted by Crippen LogP contribution is 2.35. The molecule has 0 spiro atoms. The zero-order valence-electron chi connectivity index (χ0n) is 15.8. The van der Waals surface area contributed by atoms with Crippen molar-refractivity contribution in [1.82, 2.24) is 0 Å². The number of rotatable bonds is 3. The van der Waals surface area contributed by atoms with Crippen LogP contribution in [0.4, 0.5) is 0 Å². The molecule has 0 saturated heterocycles. The van der Waals surface area contributed by atoms with E-state index in [1.807, 2.05) is 13.8 Å². The standard InChI is InChI=1S/C17H18O2/c1-12(2)17-15(18)10-14(11-16(17)19)9-8-13-6-4-3-5-7-13/h3-12,18-19H,1-2H3/b9-8+/i3D,4D,5D,6D,7D. The summed E-state index contributed by atoms with van der Waals surface area (Å²) in [6, 6.07) is 1.06. The van der Waals surface area contributed by atoms with Crippen molar-refractivity contribution in [3.63, 3.8) is 0 Å². The van der Waals surface area contributed by atoms with Crippen LogP contribution in [0.15, 0.2) is 42.3 Å². The van der Waals surface area contributed by atoms with E-state index in [0.29, 0.717) is 11.1 Å². The second-order valence-electron chi connectivity index (χ2n) is 4.50. The van der Waals surface area contributed by atoms with Crippen LogP contribution in [0.2, 0.25) is 0 Å². The third kappa shape index (κ3) is 3.16. The summed E-state index contributed by atoms with van der Waals surface area (Å²) < 4.78 is 38.6. The predicted octanol–water partition coefficient (Wildman–Crippen LogP) is 4.39. The molecule has 0 saturated carbocycles. The average Bonchev–Trinajstić information content (AvgIpc) is 2.50. The number of benzene rings is 2. The van der Waals surface area contributed by atoms with Gasteiger partial charge in [0.05, 0.1) is 6.85 Å². The Morgan fingerprint density at radius 1 is 0.947 bits per heavy atom. The molecule has 0 fully saturated rings. The van der Waals surface area contributed by atoms with Gasteiger partial charge in [0, 0.05) is 5.56 Å². The fraction of sp³-hybridized carbons (Fsp3) is 0.176. The minimum atomic E-state index is -0.446. The second-order valence-corrected chi connectivity index (χ2v) is 4.50. The highest BCUT2D eigenvalue weighted by atomic mass is 16.3. The van der Waals surface area contributed by atoms with Gasteiger partial charge in [0.15, 0.2) is 0 Å². The minimum Gasteiger partial charge on any atom is -0.507 e. The minimum absolute atomic E-state index is 0.0490. The Morgan fingerprint density at radius 2 is 1.47 bits per heavy atom. The fourth-order valence-electron chi connectivity index (χ4n) is 1.85. The summed E-state index contributed by atoms with van der Waals surface area (Å²) in [6.45, 7) is 3.69. The third-order valence-electron chi connectivity index (χ3n) is 2.70. The van der Waals surface area contributed by atoms with Gasteiger partial charge < -0.3 is 10.2 Å². The number of hydrogen-bond acceptors (Lipinski definition) is 2. The molecule has 98 valence electrons. The molecule has 2 nitrogen and oxygen atoms in total. The van der Waals surface area contributed by atoms with E-state index in [1.54, 1.807) is 0 Å². The molecule has 2 N–H and O–H groups in total. The van der Waals surface area contributed by atoms with Gasteiger partial charge in [-0.25, -0.2) is 0 Å². The molecule has 0 heterocycles. The summed E-state index contributed by atoms with van der Waals surface area (Å²) in [7, 11) is 0. The molecule has 0 radical (unpaired) electrons. The molecule has 0 aliphatic carbocycles. The molecule has 2 aromatic carbocycles. The molecule has 0 amide bonds. The van der Waals surface area contributed by atoms with Crippen LogP contribution >= 0.6 is 0 Å². The summed E-state index contributed by atoms with van der Waals surface area (Å²) in [5.41, 5.74) is 0.948. The molecule has 0 unspecified atom stereocenters. The second kappa shape index (κ2) is 5.61. The molecular weight excluding hydrogens is 236 g/mol. The van der Waals surface area contributed by atoms with E-state index in [0.717, 1.165) is 0 Å². The summed E-state index contributed by atoms with van der Waals surface area (Å²) in [6.07, 6.45) is 2.86. The van der Waals surface area contributed by atoms with Gasteiger partial charge in [-0.05, 0) is 29.2 Å². The Morgan fingerprint density at radius 3 is 2.00 bits per heavy atom. The van der Waals surface area contributed by atoms with E-state index in [2.05, 4.69) is 0 Å². The van der Waals surface area contributed by atoms with Gasteiger partial charge in [-0.15, -0.1) is 0 Å². The van der Waals surface area contributed by atoms with Crippen molar-refractivity contribution >= 4 is 12.2 Å². The molecular formula is C17H18O2. The average molecular weight is 259 g/mol. The number of phenols is 2. The summed E-state index contributed by atoms with van der Waals surface area (Å²) in [5.74, 6) is -0.152. The molecule has 2 rings (SSSR count). The topological polar surface area (TPSA) is 40.5 Å². The fourth-order valence-corrected chi connectivity index (χ4v) is 1.85. The highest BCUT2D eigenvalue weighted by molar-refractivity contribution is 5.71. The Bertz CT molecular complexity index is 776. The van der Waals surface area contributed by atoms with Crippen LogP contribution in [-0.2, 0) is 0 Å². The first-order chi connectivity index (χ1) is 11.1. The van der Waals surface area contributed by atoms with Gasteiger partial charge in [0.25, 0.3) is 0 Å². The molecule has 0 aliphatic heterocycles. The molecule has 2 aromatic rings. The van der Waals surface area contributed by atoms with Crippen molar-refractivity contribution in [2.24, 2.45) is 0 Å². The van der Waals surface area contributed by atoms with Crippen molar-refractivity contribution < 1.29 is 17.1 Å². The Labute approximate surface area is 120 Å². The van der Waals surface area contributed by atoms with Crippen molar-refractivity contribution in [2.75, 3.05) is 0 Å². The maximum absolute atomic E-state index is 10.0. The largest absolute Gasteiger partial charge is 0.507 e. The third-order valence-corrected chi connectivity index (χ3v) is 2.70. The van der Waals surface area contributed by atoms with Crippen molar-refractivity contribution in [3.8, 4) is 11.5 Å².